The molecule has 1 atom stereocenters. The van der Waals surface area contributed by atoms with Crippen molar-refractivity contribution >= 4 is 29.5 Å². The number of rotatable bonds is 10. The summed E-state index contributed by atoms with van der Waals surface area (Å²) >= 11 is 5.86. The predicted octanol–water partition coefficient (Wildman–Crippen LogP) is 5.05. The molecule has 3 rings (SSSR count). The number of alkyl halides is 2. The van der Waals surface area contributed by atoms with E-state index in [1.807, 2.05) is 0 Å². The van der Waals surface area contributed by atoms with Gasteiger partial charge in [0.25, 0.3) is 5.92 Å². The number of aliphatic hydroxyl groups is 1. The average molecular weight is 559 g/mol. The average Bonchev–Trinajstić information content (AvgIpc) is 3.35. The Balaban J connectivity index is 1.61. The first-order valence-corrected chi connectivity index (χ1v) is 11.5. The topological polar surface area (TPSA) is 117 Å². The number of hydrogen-bond acceptors (Lipinski definition) is 6. The molecule has 2 aromatic carbocycles. The summed E-state index contributed by atoms with van der Waals surface area (Å²) in [5, 5.41) is 17.1. The van der Waals surface area contributed by atoms with Gasteiger partial charge in [-0.15, -0.1) is 0 Å². The van der Waals surface area contributed by atoms with E-state index >= 15 is 0 Å². The molecule has 1 aromatic heterocycles. The Morgan fingerprint density at radius 1 is 1.21 bits per heavy atom. The zero-order valence-corrected chi connectivity index (χ0v) is 20.6. The third kappa shape index (κ3) is 7.83. The van der Waals surface area contributed by atoms with Crippen molar-refractivity contribution in [1.82, 2.24) is 15.4 Å². The van der Waals surface area contributed by atoms with Crippen LogP contribution in [0.2, 0.25) is 5.02 Å². The minimum Gasteiger partial charge on any atom is -0.447 e. The number of urea groups is 1. The van der Waals surface area contributed by atoms with E-state index < -0.39 is 55.4 Å². The molecule has 9 nitrogen and oxygen atoms in total. The molecular weight excluding hydrogens is 536 g/mol. The van der Waals surface area contributed by atoms with Crippen molar-refractivity contribution in [2.45, 2.75) is 24.9 Å². The number of benzene rings is 2. The van der Waals surface area contributed by atoms with Gasteiger partial charge < -0.3 is 24.6 Å². The zero-order valence-electron chi connectivity index (χ0n) is 19.9. The standard InChI is InChI=1S/C24H23ClF4N4O5/c1-33(22(35)30-11-15-5-3-7-18(27)21(15)25)17(10-24(28,29)13-34)12-37-23(36)31-20-9-19(38-32-20)14-4-2-6-16(26)8-14/h2-9,17,34H,10-13H2,1H3,(H,30,35)(H,31,32,36)/t17-/m0/s1. The smallest absolute Gasteiger partial charge is 0.412 e. The molecule has 1 heterocycles. The van der Waals surface area contributed by atoms with Crippen molar-refractivity contribution < 1.29 is 41.5 Å². The molecular formula is C24H23ClF4N4O5. The van der Waals surface area contributed by atoms with Crippen molar-refractivity contribution in [3.63, 3.8) is 0 Å². The van der Waals surface area contributed by atoms with Gasteiger partial charge in [-0.1, -0.05) is 41.0 Å². The van der Waals surface area contributed by atoms with Crippen LogP contribution in [0.4, 0.5) is 33.0 Å². The highest BCUT2D eigenvalue weighted by atomic mass is 35.5. The van der Waals surface area contributed by atoms with Crippen LogP contribution >= 0.6 is 11.6 Å². The third-order valence-electron chi connectivity index (χ3n) is 5.35. The molecule has 3 aromatic rings. The molecule has 204 valence electrons. The van der Waals surface area contributed by atoms with Gasteiger partial charge in [-0.3, -0.25) is 5.32 Å². The van der Waals surface area contributed by atoms with E-state index in [0.717, 1.165) is 11.0 Å². The monoisotopic (exact) mass is 558 g/mol. The second kappa shape index (κ2) is 12.6. The number of likely N-dealkylation sites (N-methyl/N-ethyl adjacent to an activating group) is 1. The summed E-state index contributed by atoms with van der Waals surface area (Å²) in [7, 11) is 1.19. The van der Waals surface area contributed by atoms with E-state index in [1.54, 1.807) is 6.07 Å². The van der Waals surface area contributed by atoms with Crippen LogP contribution in [0, 0.1) is 11.6 Å². The molecule has 0 aliphatic carbocycles. The number of nitrogens with zero attached hydrogens (tertiary/aromatic N) is 2. The maximum Gasteiger partial charge on any atom is 0.412 e. The molecule has 3 N–H and O–H groups in total. The van der Waals surface area contributed by atoms with Crippen LogP contribution in [-0.4, -0.2) is 59.5 Å². The number of aliphatic hydroxyl groups excluding tert-OH is 1. The summed E-state index contributed by atoms with van der Waals surface area (Å²) in [4.78, 5) is 25.7. The SMILES string of the molecule is CN(C(=O)NCc1cccc(F)c1Cl)[C@H](COC(=O)Nc1cc(-c2cccc(F)c2)on1)CC(F)(F)CO. The quantitative estimate of drug-likeness (QED) is 0.300. The van der Waals surface area contributed by atoms with Gasteiger partial charge >= 0.3 is 12.1 Å². The molecule has 0 saturated carbocycles. The molecule has 38 heavy (non-hydrogen) atoms. The number of ether oxygens (including phenoxy) is 1. The van der Waals surface area contributed by atoms with Crippen molar-refractivity contribution in [2.24, 2.45) is 0 Å². The first-order chi connectivity index (χ1) is 18.0. The number of aromatic nitrogens is 1. The lowest BCUT2D eigenvalue weighted by atomic mass is 10.1. The Bertz CT molecular complexity index is 1280. The summed E-state index contributed by atoms with van der Waals surface area (Å²) in [5.74, 6) is -4.73. The summed E-state index contributed by atoms with van der Waals surface area (Å²) in [6.07, 6.45) is -2.13. The lowest BCUT2D eigenvalue weighted by Gasteiger charge is -2.30. The number of nitrogens with one attached hydrogen (secondary N) is 2. The highest BCUT2D eigenvalue weighted by Gasteiger charge is 2.36. The molecule has 0 radical (unpaired) electrons. The zero-order chi connectivity index (χ0) is 27.9. The molecule has 0 saturated heterocycles. The third-order valence-corrected chi connectivity index (χ3v) is 5.77. The second-order valence-electron chi connectivity index (χ2n) is 8.16. The minimum absolute atomic E-state index is 0.0930. The fourth-order valence-electron chi connectivity index (χ4n) is 3.29. The van der Waals surface area contributed by atoms with Crippen LogP contribution in [0.25, 0.3) is 11.3 Å². The summed E-state index contributed by atoms with van der Waals surface area (Å²) < 4.78 is 65.0. The van der Waals surface area contributed by atoms with Crippen molar-refractivity contribution in [2.75, 3.05) is 25.6 Å². The number of anilines is 1. The molecule has 0 fully saturated rings. The maximum absolute atomic E-state index is 14.0. The fraction of sp³-hybridized carbons (Fsp3) is 0.292. The van der Waals surface area contributed by atoms with Crippen LogP contribution in [-0.2, 0) is 11.3 Å². The van der Waals surface area contributed by atoms with Gasteiger partial charge in [-0.05, 0) is 23.8 Å². The van der Waals surface area contributed by atoms with Gasteiger partial charge in [-0.25, -0.2) is 27.2 Å². The maximum atomic E-state index is 14.0. The summed E-state index contributed by atoms with van der Waals surface area (Å²) in [5.41, 5.74) is 0.615. The van der Waals surface area contributed by atoms with Gasteiger partial charge in [0, 0.05) is 31.6 Å². The Morgan fingerprint density at radius 2 is 1.95 bits per heavy atom. The molecule has 0 bridgehead atoms. The Labute approximate surface area is 219 Å². The van der Waals surface area contributed by atoms with E-state index in [2.05, 4.69) is 15.8 Å². The highest BCUT2D eigenvalue weighted by molar-refractivity contribution is 6.31. The number of amides is 3. The fourth-order valence-corrected chi connectivity index (χ4v) is 3.48. The van der Waals surface area contributed by atoms with Gasteiger partial charge in [0.2, 0.25) is 0 Å². The van der Waals surface area contributed by atoms with Crippen LogP contribution in [0.3, 0.4) is 0 Å². The van der Waals surface area contributed by atoms with E-state index in [0.29, 0.717) is 5.56 Å². The van der Waals surface area contributed by atoms with E-state index in [-0.39, 0.29) is 28.7 Å². The number of carbonyl (C=O) groups is 2. The van der Waals surface area contributed by atoms with Gasteiger partial charge in [0.1, 0.15) is 24.8 Å². The Morgan fingerprint density at radius 3 is 2.66 bits per heavy atom. The summed E-state index contributed by atoms with van der Waals surface area (Å²) in [6.45, 7) is -2.38. The molecule has 0 aliphatic rings. The lowest BCUT2D eigenvalue weighted by Crippen LogP contribution is -2.48. The second-order valence-corrected chi connectivity index (χ2v) is 8.54. The number of carbonyl (C=O) groups excluding carboxylic acids is 2. The normalized spacial score (nSPS) is 12.1. The number of hydrogen-bond donors (Lipinski definition) is 3. The van der Waals surface area contributed by atoms with Crippen molar-refractivity contribution in [3.05, 3.63) is 70.8 Å². The number of halogens is 5. The molecule has 0 spiro atoms. The molecule has 14 heteroatoms. The van der Waals surface area contributed by atoms with Crippen LogP contribution in [0.1, 0.15) is 12.0 Å². The first-order valence-electron chi connectivity index (χ1n) is 11.1. The van der Waals surface area contributed by atoms with Gasteiger partial charge in [0.05, 0.1) is 11.1 Å². The van der Waals surface area contributed by atoms with Crippen LogP contribution in [0.5, 0.6) is 0 Å². The van der Waals surface area contributed by atoms with Gasteiger partial charge in [0.15, 0.2) is 11.6 Å². The lowest BCUT2D eigenvalue weighted by molar-refractivity contribution is -0.0738. The Hall–Kier alpha value is -3.84. The Kier molecular flexibility index (Phi) is 9.53. The van der Waals surface area contributed by atoms with Gasteiger partial charge in [-0.2, -0.15) is 0 Å². The highest BCUT2D eigenvalue weighted by Crippen LogP contribution is 2.25. The minimum atomic E-state index is -3.59. The first kappa shape index (κ1) is 28.7. The van der Waals surface area contributed by atoms with E-state index in [1.165, 1.54) is 43.4 Å². The van der Waals surface area contributed by atoms with Crippen LogP contribution < -0.4 is 10.6 Å². The largest absolute Gasteiger partial charge is 0.447 e. The summed E-state index contributed by atoms with van der Waals surface area (Å²) in [6, 6.07) is 8.52. The van der Waals surface area contributed by atoms with Crippen molar-refractivity contribution in [3.8, 4) is 11.3 Å². The molecule has 0 unspecified atom stereocenters. The van der Waals surface area contributed by atoms with E-state index in [9.17, 15) is 27.2 Å². The van der Waals surface area contributed by atoms with E-state index in [4.69, 9.17) is 26.0 Å². The van der Waals surface area contributed by atoms with Crippen LogP contribution in [0.15, 0.2) is 53.1 Å². The van der Waals surface area contributed by atoms with Crippen molar-refractivity contribution in [1.29, 1.82) is 0 Å². The molecule has 0 aliphatic heterocycles. The molecule has 3 amide bonds. The predicted molar refractivity (Wildman–Crippen MR) is 129 cm³/mol.